The predicted molar refractivity (Wildman–Crippen MR) is 120 cm³/mol. The molecule has 4 heteroatoms. The molecule has 2 aromatic carbocycles. The summed E-state index contributed by atoms with van der Waals surface area (Å²) < 4.78 is 4.32. The van der Waals surface area contributed by atoms with E-state index in [2.05, 4.69) is 69.7 Å². The molecule has 0 amide bonds. The first-order valence-corrected chi connectivity index (χ1v) is 9.95. The SMILES string of the molecule is c1ccc(-c2nc3ccccn3c2-c2c(-c3ccccc3)nc3ccccn23)cc1. The standard InChI is InChI=1S/C26H18N4/c1-3-11-19(12-4-1)23-25(29-17-9-7-15-21(29)27-23)26-24(20-13-5-2-6-14-20)28-22-16-8-10-18-30(22)26/h1-18H. The van der Waals surface area contributed by atoms with E-state index >= 15 is 0 Å². The Labute approximate surface area is 173 Å². The van der Waals surface area contributed by atoms with E-state index in [-0.39, 0.29) is 0 Å². The molecule has 142 valence electrons. The summed E-state index contributed by atoms with van der Waals surface area (Å²) >= 11 is 0. The van der Waals surface area contributed by atoms with Crippen molar-refractivity contribution in [3.8, 4) is 33.9 Å². The normalized spacial score (nSPS) is 11.3. The van der Waals surface area contributed by atoms with E-state index in [1.807, 2.05) is 48.5 Å². The lowest BCUT2D eigenvalue weighted by atomic mass is 10.0. The topological polar surface area (TPSA) is 34.6 Å². The van der Waals surface area contributed by atoms with Crippen LogP contribution in [-0.4, -0.2) is 18.8 Å². The minimum atomic E-state index is 0.913. The van der Waals surface area contributed by atoms with Gasteiger partial charge >= 0.3 is 0 Å². The van der Waals surface area contributed by atoms with Gasteiger partial charge in [0.2, 0.25) is 0 Å². The maximum atomic E-state index is 5.00. The first-order chi connectivity index (χ1) is 14.9. The van der Waals surface area contributed by atoms with Gasteiger partial charge in [0.1, 0.15) is 11.3 Å². The van der Waals surface area contributed by atoms with E-state index in [1.165, 1.54) is 0 Å². The Balaban J connectivity index is 1.77. The number of aromatic nitrogens is 4. The molecule has 0 unspecified atom stereocenters. The van der Waals surface area contributed by atoms with Crippen LogP contribution in [0, 0.1) is 0 Å². The lowest BCUT2D eigenvalue weighted by molar-refractivity contribution is 1.13. The lowest BCUT2D eigenvalue weighted by Crippen LogP contribution is -1.95. The van der Waals surface area contributed by atoms with E-state index in [0.717, 1.165) is 45.2 Å². The number of hydrogen-bond donors (Lipinski definition) is 0. The van der Waals surface area contributed by atoms with Crippen LogP contribution in [0.3, 0.4) is 0 Å². The molecular weight excluding hydrogens is 368 g/mol. The minimum Gasteiger partial charge on any atom is -0.298 e. The van der Waals surface area contributed by atoms with Gasteiger partial charge in [-0.15, -0.1) is 0 Å². The fourth-order valence-electron chi connectivity index (χ4n) is 4.04. The molecule has 6 rings (SSSR count). The van der Waals surface area contributed by atoms with Crippen LogP contribution in [0.25, 0.3) is 45.2 Å². The van der Waals surface area contributed by atoms with Crippen LogP contribution in [0.5, 0.6) is 0 Å². The van der Waals surface area contributed by atoms with E-state index in [0.29, 0.717) is 0 Å². The Kier molecular flexibility index (Phi) is 3.74. The summed E-state index contributed by atoms with van der Waals surface area (Å²) in [7, 11) is 0. The molecule has 4 heterocycles. The number of imidazole rings is 2. The Morgan fingerprint density at radius 1 is 0.433 bits per heavy atom. The van der Waals surface area contributed by atoms with E-state index < -0.39 is 0 Å². The molecule has 0 aliphatic heterocycles. The van der Waals surface area contributed by atoms with Crippen molar-refractivity contribution in [2.24, 2.45) is 0 Å². The highest BCUT2D eigenvalue weighted by atomic mass is 15.1. The van der Waals surface area contributed by atoms with Crippen LogP contribution in [-0.2, 0) is 0 Å². The van der Waals surface area contributed by atoms with Gasteiger partial charge < -0.3 is 0 Å². The van der Waals surface area contributed by atoms with Crippen molar-refractivity contribution in [1.82, 2.24) is 18.8 Å². The zero-order valence-corrected chi connectivity index (χ0v) is 16.2. The molecule has 0 fully saturated rings. The average molecular weight is 386 g/mol. The summed E-state index contributed by atoms with van der Waals surface area (Å²) in [6.45, 7) is 0. The largest absolute Gasteiger partial charge is 0.298 e. The monoisotopic (exact) mass is 386 g/mol. The van der Waals surface area contributed by atoms with Gasteiger partial charge in [-0.2, -0.15) is 0 Å². The summed E-state index contributed by atoms with van der Waals surface area (Å²) in [5.41, 5.74) is 7.97. The van der Waals surface area contributed by atoms with Gasteiger partial charge in [0.25, 0.3) is 0 Å². The van der Waals surface area contributed by atoms with Crippen molar-refractivity contribution in [2.75, 3.05) is 0 Å². The highest BCUT2D eigenvalue weighted by molar-refractivity contribution is 5.89. The van der Waals surface area contributed by atoms with Crippen LogP contribution in [0.2, 0.25) is 0 Å². The maximum absolute atomic E-state index is 5.00. The van der Waals surface area contributed by atoms with Gasteiger partial charge in [-0.1, -0.05) is 72.8 Å². The molecule has 0 radical (unpaired) electrons. The quantitative estimate of drug-likeness (QED) is 0.375. The highest BCUT2D eigenvalue weighted by Gasteiger charge is 2.23. The van der Waals surface area contributed by atoms with E-state index in [9.17, 15) is 0 Å². The Hall–Kier alpha value is -4.18. The van der Waals surface area contributed by atoms with Crippen LogP contribution in [0.15, 0.2) is 109 Å². The number of benzene rings is 2. The zero-order valence-electron chi connectivity index (χ0n) is 16.2. The van der Waals surface area contributed by atoms with Crippen molar-refractivity contribution >= 4 is 11.3 Å². The fraction of sp³-hybridized carbons (Fsp3) is 0. The second kappa shape index (κ2) is 6.71. The molecule has 0 aliphatic carbocycles. The molecule has 0 saturated carbocycles. The summed E-state index contributed by atoms with van der Waals surface area (Å²) in [6, 6.07) is 32.9. The van der Waals surface area contributed by atoms with Gasteiger partial charge in [-0.25, -0.2) is 9.97 Å². The van der Waals surface area contributed by atoms with Crippen molar-refractivity contribution < 1.29 is 0 Å². The summed E-state index contributed by atoms with van der Waals surface area (Å²) in [5, 5.41) is 0. The number of nitrogens with zero attached hydrogens (tertiary/aromatic N) is 4. The molecule has 6 aromatic rings. The summed E-state index contributed by atoms with van der Waals surface area (Å²) in [5.74, 6) is 0. The highest BCUT2D eigenvalue weighted by Crippen LogP contribution is 2.38. The molecular formula is C26H18N4. The van der Waals surface area contributed by atoms with Gasteiger partial charge in [0, 0.05) is 23.5 Å². The van der Waals surface area contributed by atoms with Crippen molar-refractivity contribution in [3.63, 3.8) is 0 Å². The molecule has 4 aromatic heterocycles. The van der Waals surface area contributed by atoms with Gasteiger partial charge in [-0.05, 0) is 24.3 Å². The summed E-state index contributed by atoms with van der Waals surface area (Å²) in [4.78, 5) is 10.0. The molecule has 0 saturated heterocycles. The molecule has 0 spiro atoms. The average Bonchev–Trinajstić information content (AvgIpc) is 3.38. The number of rotatable bonds is 3. The third-order valence-corrected chi connectivity index (χ3v) is 5.38. The van der Waals surface area contributed by atoms with Crippen LogP contribution in [0.1, 0.15) is 0 Å². The molecule has 30 heavy (non-hydrogen) atoms. The Bertz CT molecular complexity index is 1360. The zero-order chi connectivity index (χ0) is 19.9. The van der Waals surface area contributed by atoms with Crippen LogP contribution < -0.4 is 0 Å². The third kappa shape index (κ3) is 2.54. The van der Waals surface area contributed by atoms with Gasteiger partial charge in [0.15, 0.2) is 0 Å². The second-order valence-corrected chi connectivity index (χ2v) is 7.21. The predicted octanol–water partition coefficient (Wildman–Crippen LogP) is 5.98. The van der Waals surface area contributed by atoms with Crippen molar-refractivity contribution in [2.45, 2.75) is 0 Å². The molecule has 0 bridgehead atoms. The van der Waals surface area contributed by atoms with Gasteiger partial charge in [0.05, 0.1) is 22.8 Å². The van der Waals surface area contributed by atoms with Crippen molar-refractivity contribution in [1.29, 1.82) is 0 Å². The van der Waals surface area contributed by atoms with E-state index in [1.54, 1.807) is 0 Å². The molecule has 0 N–H and O–H groups in total. The summed E-state index contributed by atoms with van der Waals surface area (Å²) in [6.07, 6.45) is 4.14. The van der Waals surface area contributed by atoms with Crippen LogP contribution in [0.4, 0.5) is 0 Å². The molecule has 0 atom stereocenters. The minimum absolute atomic E-state index is 0.913. The van der Waals surface area contributed by atoms with Crippen molar-refractivity contribution in [3.05, 3.63) is 109 Å². The third-order valence-electron chi connectivity index (χ3n) is 5.38. The first-order valence-electron chi connectivity index (χ1n) is 9.95. The van der Waals surface area contributed by atoms with Gasteiger partial charge in [-0.3, -0.25) is 8.80 Å². The Morgan fingerprint density at radius 3 is 1.27 bits per heavy atom. The number of fused-ring (bicyclic) bond motifs is 2. The fourth-order valence-corrected chi connectivity index (χ4v) is 4.04. The first kappa shape index (κ1) is 16.7. The van der Waals surface area contributed by atoms with Crippen LogP contribution >= 0.6 is 0 Å². The smallest absolute Gasteiger partial charge is 0.137 e. The Morgan fingerprint density at radius 2 is 0.833 bits per heavy atom. The lowest BCUT2D eigenvalue weighted by Gasteiger charge is -2.09. The molecule has 4 nitrogen and oxygen atoms in total. The number of hydrogen-bond acceptors (Lipinski definition) is 2. The molecule has 0 aliphatic rings. The second-order valence-electron chi connectivity index (χ2n) is 7.21. The maximum Gasteiger partial charge on any atom is 0.137 e. The number of pyridine rings is 2. The van der Waals surface area contributed by atoms with E-state index in [4.69, 9.17) is 9.97 Å².